The number of rotatable bonds is 7. The van der Waals surface area contributed by atoms with Crippen LogP contribution in [0.5, 0.6) is 0 Å². The van der Waals surface area contributed by atoms with Gasteiger partial charge in [-0.05, 0) is 71.1 Å². The molecule has 29 heavy (non-hydrogen) atoms. The fourth-order valence-corrected chi connectivity index (χ4v) is 4.27. The number of aromatic nitrogens is 1. The Morgan fingerprint density at radius 2 is 1.90 bits per heavy atom. The van der Waals surface area contributed by atoms with Crippen molar-refractivity contribution < 1.29 is 18.3 Å². The Bertz CT molecular complexity index is 1120. The molecule has 3 N–H and O–H groups in total. The molecule has 0 aliphatic carbocycles. The highest BCUT2D eigenvalue weighted by atomic mass is 127. The first kappa shape index (κ1) is 21.4. The van der Waals surface area contributed by atoms with Crippen molar-refractivity contribution in [2.24, 2.45) is 0 Å². The minimum Gasteiger partial charge on any atom is -0.395 e. The smallest absolute Gasteiger partial charge is 0.255 e. The van der Waals surface area contributed by atoms with E-state index < -0.39 is 15.9 Å². The number of halogens is 1. The van der Waals surface area contributed by atoms with Crippen molar-refractivity contribution >= 4 is 44.2 Å². The number of amides is 1. The maximum atomic E-state index is 12.7. The highest BCUT2D eigenvalue weighted by Crippen LogP contribution is 2.27. The molecule has 1 aromatic heterocycles. The highest BCUT2D eigenvalue weighted by Gasteiger charge is 2.16. The van der Waals surface area contributed by atoms with Crippen LogP contribution >= 0.6 is 22.6 Å². The molecule has 0 spiro atoms. The molecule has 0 aliphatic heterocycles. The summed E-state index contributed by atoms with van der Waals surface area (Å²) in [6, 6.07) is 16.8. The third kappa shape index (κ3) is 5.38. The minimum absolute atomic E-state index is 0.0459. The molecule has 0 unspecified atom stereocenters. The molecule has 9 heteroatoms. The molecule has 1 heterocycles. The zero-order valence-electron chi connectivity index (χ0n) is 15.2. The number of nitrogens with one attached hydrogen (secondary N) is 2. The predicted molar refractivity (Wildman–Crippen MR) is 119 cm³/mol. The zero-order valence-corrected chi connectivity index (χ0v) is 18.1. The summed E-state index contributed by atoms with van der Waals surface area (Å²) >= 11 is 2.21. The Morgan fingerprint density at radius 3 is 2.62 bits per heavy atom. The zero-order chi connectivity index (χ0) is 20.9. The number of benzene rings is 2. The van der Waals surface area contributed by atoms with E-state index in [0.717, 1.165) is 14.8 Å². The van der Waals surface area contributed by atoms with Gasteiger partial charge >= 0.3 is 0 Å². The van der Waals surface area contributed by atoms with Crippen LogP contribution in [0.3, 0.4) is 0 Å². The van der Waals surface area contributed by atoms with Gasteiger partial charge in [0.1, 0.15) is 0 Å². The summed E-state index contributed by atoms with van der Waals surface area (Å²) in [5.41, 5.74) is 2.45. The topological polar surface area (TPSA) is 108 Å². The van der Waals surface area contributed by atoms with Crippen LogP contribution in [0.4, 0.5) is 5.69 Å². The summed E-state index contributed by atoms with van der Waals surface area (Å²) in [5, 5.41) is 11.6. The number of carbonyl (C=O) groups excluding carboxylic acids is 1. The van der Waals surface area contributed by atoms with Crippen LogP contribution < -0.4 is 10.0 Å². The summed E-state index contributed by atoms with van der Waals surface area (Å²) in [7, 11) is -3.80. The average Bonchev–Trinajstić information content (AvgIpc) is 2.74. The Morgan fingerprint density at radius 1 is 1.07 bits per heavy atom. The van der Waals surface area contributed by atoms with Crippen LogP contribution in [0.15, 0.2) is 71.8 Å². The van der Waals surface area contributed by atoms with E-state index in [4.69, 9.17) is 5.11 Å². The van der Waals surface area contributed by atoms with E-state index in [0.29, 0.717) is 5.69 Å². The first-order valence-corrected chi connectivity index (χ1v) is 11.2. The monoisotopic (exact) mass is 523 g/mol. The summed E-state index contributed by atoms with van der Waals surface area (Å²) in [4.78, 5) is 17.0. The lowest BCUT2D eigenvalue weighted by Crippen LogP contribution is -2.27. The molecule has 0 aliphatic rings. The van der Waals surface area contributed by atoms with Crippen LogP contribution in [0.1, 0.15) is 10.4 Å². The molecule has 150 valence electrons. The Balaban J connectivity index is 1.84. The van der Waals surface area contributed by atoms with E-state index in [1.807, 2.05) is 30.3 Å². The van der Waals surface area contributed by atoms with Gasteiger partial charge in [0.2, 0.25) is 10.0 Å². The lowest BCUT2D eigenvalue weighted by Gasteiger charge is -2.10. The maximum absolute atomic E-state index is 12.7. The third-order valence-corrected chi connectivity index (χ3v) is 6.37. The van der Waals surface area contributed by atoms with Crippen molar-refractivity contribution in [3.05, 3.63) is 76.0 Å². The number of aliphatic hydroxyl groups excluding tert-OH is 1. The molecule has 3 rings (SSSR count). The van der Waals surface area contributed by atoms with E-state index >= 15 is 0 Å². The molecule has 0 fully saturated rings. The van der Waals surface area contributed by atoms with Gasteiger partial charge in [-0.1, -0.05) is 12.1 Å². The molecular formula is C20H18IN3O4S. The van der Waals surface area contributed by atoms with Crippen molar-refractivity contribution in [2.75, 3.05) is 18.5 Å². The fourth-order valence-electron chi connectivity index (χ4n) is 2.59. The number of hydrogen-bond acceptors (Lipinski definition) is 5. The highest BCUT2D eigenvalue weighted by molar-refractivity contribution is 14.1. The van der Waals surface area contributed by atoms with Gasteiger partial charge < -0.3 is 10.4 Å². The first-order valence-electron chi connectivity index (χ1n) is 8.63. The SMILES string of the molecule is O=C(Nc1ccc(I)c(-c2ccccn2)c1)c1cccc(S(=O)(=O)NCCO)c1. The number of aliphatic hydroxyl groups is 1. The van der Waals surface area contributed by atoms with Crippen molar-refractivity contribution in [2.45, 2.75) is 4.90 Å². The fraction of sp³-hybridized carbons (Fsp3) is 0.100. The van der Waals surface area contributed by atoms with Gasteiger partial charge in [-0.3, -0.25) is 9.78 Å². The van der Waals surface area contributed by atoms with Gasteiger partial charge in [0, 0.05) is 33.1 Å². The predicted octanol–water partition coefficient (Wildman–Crippen LogP) is 2.88. The molecule has 0 atom stereocenters. The van der Waals surface area contributed by atoms with Crippen LogP contribution in [-0.2, 0) is 10.0 Å². The van der Waals surface area contributed by atoms with E-state index in [1.165, 1.54) is 24.3 Å². The number of pyridine rings is 1. The average molecular weight is 523 g/mol. The van der Waals surface area contributed by atoms with Crippen LogP contribution in [0, 0.1) is 3.57 Å². The van der Waals surface area contributed by atoms with Crippen LogP contribution in [-0.4, -0.2) is 37.6 Å². The van der Waals surface area contributed by atoms with Crippen molar-refractivity contribution in [3.8, 4) is 11.3 Å². The second-order valence-electron chi connectivity index (χ2n) is 6.01. The van der Waals surface area contributed by atoms with E-state index in [1.54, 1.807) is 12.3 Å². The Hall–Kier alpha value is -2.34. The first-order chi connectivity index (χ1) is 13.9. The summed E-state index contributed by atoms with van der Waals surface area (Å²) in [5.74, 6) is -0.433. The number of carbonyl (C=O) groups is 1. The molecule has 1 amide bonds. The molecule has 7 nitrogen and oxygen atoms in total. The largest absolute Gasteiger partial charge is 0.395 e. The van der Waals surface area contributed by atoms with Crippen LogP contribution in [0.25, 0.3) is 11.3 Å². The standard InChI is InChI=1S/C20H18IN3O4S/c21-18-8-7-15(13-17(18)19-6-1-2-9-22-19)24-20(26)14-4-3-5-16(12-14)29(27,28)23-10-11-25/h1-9,12-13,23,25H,10-11H2,(H,24,26). The molecule has 0 saturated carbocycles. The summed E-state index contributed by atoms with van der Waals surface area (Å²) < 4.78 is 27.6. The van der Waals surface area contributed by atoms with Crippen LogP contribution in [0.2, 0.25) is 0 Å². The number of anilines is 1. The number of nitrogens with zero attached hydrogens (tertiary/aromatic N) is 1. The third-order valence-electron chi connectivity index (χ3n) is 3.98. The van der Waals surface area contributed by atoms with E-state index in [-0.39, 0.29) is 23.6 Å². The van der Waals surface area contributed by atoms with Crippen molar-refractivity contribution in [1.82, 2.24) is 9.71 Å². The quantitative estimate of drug-likeness (QED) is 0.413. The van der Waals surface area contributed by atoms with Gasteiger partial charge in [0.25, 0.3) is 5.91 Å². The molecule has 3 aromatic rings. The second-order valence-corrected chi connectivity index (χ2v) is 8.94. The van der Waals surface area contributed by atoms with E-state index in [9.17, 15) is 13.2 Å². The molecular weight excluding hydrogens is 505 g/mol. The summed E-state index contributed by atoms with van der Waals surface area (Å²) in [6.07, 6.45) is 1.70. The molecule has 0 saturated heterocycles. The van der Waals surface area contributed by atoms with Gasteiger partial charge in [0.15, 0.2) is 0 Å². The van der Waals surface area contributed by atoms with Gasteiger partial charge in [-0.2, -0.15) is 0 Å². The van der Waals surface area contributed by atoms with Gasteiger partial charge in [-0.15, -0.1) is 0 Å². The molecule has 0 bridgehead atoms. The van der Waals surface area contributed by atoms with Crippen molar-refractivity contribution in [3.63, 3.8) is 0 Å². The molecule has 2 aromatic carbocycles. The molecule has 0 radical (unpaired) electrons. The Kier molecular flexibility index (Phi) is 6.96. The van der Waals surface area contributed by atoms with E-state index in [2.05, 4.69) is 37.6 Å². The maximum Gasteiger partial charge on any atom is 0.255 e. The van der Waals surface area contributed by atoms with Gasteiger partial charge in [0.05, 0.1) is 17.2 Å². The number of sulfonamides is 1. The lowest BCUT2D eigenvalue weighted by atomic mass is 10.1. The minimum atomic E-state index is -3.80. The summed E-state index contributed by atoms with van der Waals surface area (Å²) in [6.45, 7) is -0.414. The van der Waals surface area contributed by atoms with Gasteiger partial charge in [-0.25, -0.2) is 13.1 Å². The number of hydrogen-bond donors (Lipinski definition) is 3. The second kappa shape index (κ2) is 9.44. The Labute approximate surface area is 182 Å². The normalized spacial score (nSPS) is 11.2. The lowest BCUT2D eigenvalue weighted by molar-refractivity contribution is 0.102. The van der Waals surface area contributed by atoms with Crippen molar-refractivity contribution in [1.29, 1.82) is 0 Å².